The van der Waals surface area contributed by atoms with Gasteiger partial charge < -0.3 is 10.2 Å². The molecule has 0 radical (unpaired) electrons. The fourth-order valence-electron chi connectivity index (χ4n) is 3.80. The van der Waals surface area contributed by atoms with Crippen molar-refractivity contribution in [3.05, 3.63) is 89.9 Å². The summed E-state index contributed by atoms with van der Waals surface area (Å²) in [6.45, 7) is 4.79. The second-order valence-electron chi connectivity index (χ2n) is 7.98. The highest BCUT2D eigenvalue weighted by Gasteiger charge is 2.22. The van der Waals surface area contributed by atoms with Gasteiger partial charge in [0, 0.05) is 44.5 Å². The van der Waals surface area contributed by atoms with Crippen LogP contribution in [0.1, 0.15) is 22.0 Å². The van der Waals surface area contributed by atoms with Crippen LogP contribution in [0.5, 0.6) is 0 Å². The molecule has 1 atom stereocenters. The first-order chi connectivity index (χ1) is 15.1. The molecule has 4 rings (SSSR count). The summed E-state index contributed by atoms with van der Waals surface area (Å²) in [6.07, 6.45) is 1.55. The number of piperazine rings is 1. The SMILES string of the molecule is CN1CCN(CC(NC(=O)c2ccc(-c3cccc(F)c3)nc2)c2ccccc2)CC1. The van der Waals surface area contributed by atoms with Gasteiger partial charge in [-0.3, -0.25) is 14.7 Å². The highest BCUT2D eigenvalue weighted by atomic mass is 19.1. The van der Waals surface area contributed by atoms with E-state index in [1.807, 2.05) is 30.3 Å². The number of pyridine rings is 1. The lowest BCUT2D eigenvalue weighted by Crippen LogP contribution is -2.47. The van der Waals surface area contributed by atoms with Gasteiger partial charge in [-0.15, -0.1) is 0 Å². The first-order valence-corrected chi connectivity index (χ1v) is 10.6. The van der Waals surface area contributed by atoms with Gasteiger partial charge in [0.25, 0.3) is 5.91 Å². The van der Waals surface area contributed by atoms with E-state index in [0.29, 0.717) is 16.8 Å². The molecule has 1 unspecified atom stereocenters. The van der Waals surface area contributed by atoms with Gasteiger partial charge in [-0.1, -0.05) is 42.5 Å². The maximum absolute atomic E-state index is 13.5. The Bertz CT molecular complexity index is 1000. The molecular formula is C25H27FN4O. The fourth-order valence-corrected chi connectivity index (χ4v) is 3.80. The van der Waals surface area contributed by atoms with E-state index >= 15 is 0 Å². The van der Waals surface area contributed by atoms with Crippen LogP contribution in [0.4, 0.5) is 4.39 Å². The van der Waals surface area contributed by atoms with Gasteiger partial charge in [-0.2, -0.15) is 0 Å². The number of halogens is 1. The number of hydrogen-bond acceptors (Lipinski definition) is 4. The zero-order valence-corrected chi connectivity index (χ0v) is 17.7. The average Bonchev–Trinajstić information content (AvgIpc) is 2.81. The van der Waals surface area contributed by atoms with Crippen molar-refractivity contribution in [2.75, 3.05) is 39.8 Å². The van der Waals surface area contributed by atoms with Gasteiger partial charge in [0.15, 0.2) is 0 Å². The van der Waals surface area contributed by atoms with E-state index in [4.69, 9.17) is 0 Å². The number of carbonyl (C=O) groups excluding carboxylic acids is 1. The van der Waals surface area contributed by atoms with E-state index in [-0.39, 0.29) is 17.8 Å². The van der Waals surface area contributed by atoms with Crippen LogP contribution in [0, 0.1) is 5.82 Å². The van der Waals surface area contributed by atoms with Gasteiger partial charge in [-0.05, 0) is 36.9 Å². The second kappa shape index (κ2) is 9.81. The van der Waals surface area contributed by atoms with Crippen LogP contribution < -0.4 is 5.32 Å². The number of carbonyl (C=O) groups is 1. The highest BCUT2D eigenvalue weighted by Crippen LogP contribution is 2.19. The Morgan fingerprint density at radius 2 is 1.81 bits per heavy atom. The molecule has 1 amide bonds. The number of amides is 1. The Morgan fingerprint density at radius 3 is 2.48 bits per heavy atom. The minimum atomic E-state index is -0.310. The quantitative estimate of drug-likeness (QED) is 0.665. The lowest BCUT2D eigenvalue weighted by Gasteiger charge is -2.35. The second-order valence-corrected chi connectivity index (χ2v) is 7.98. The third-order valence-corrected chi connectivity index (χ3v) is 5.69. The van der Waals surface area contributed by atoms with Crippen LogP contribution in [-0.2, 0) is 0 Å². The summed E-state index contributed by atoms with van der Waals surface area (Å²) in [5, 5.41) is 3.18. The Hall–Kier alpha value is -3.09. The van der Waals surface area contributed by atoms with E-state index in [2.05, 4.69) is 27.1 Å². The molecular weight excluding hydrogens is 391 g/mol. The number of rotatable bonds is 6. The Morgan fingerprint density at radius 1 is 1.03 bits per heavy atom. The van der Waals surface area contributed by atoms with E-state index in [1.165, 1.54) is 12.1 Å². The predicted octanol–water partition coefficient (Wildman–Crippen LogP) is 3.61. The molecule has 6 heteroatoms. The summed E-state index contributed by atoms with van der Waals surface area (Å²) in [6, 6.07) is 19.7. The van der Waals surface area contributed by atoms with E-state index in [1.54, 1.807) is 30.5 Å². The summed E-state index contributed by atoms with van der Waals surface area (Å²) in [4.78, 5) is 22.1. The molecule has 0 saturated carbocycles. The first-order valence-electron chi connectivity index (χ1n) is 10.6. The molecule has 1 aliphatic heterocycles. The monoisotopic (exact) mass is 418 g/mol. The summed E-state index contributed by atoms with van der Waals surface area (Å²) in [5.41, 5.74) is 2.89. The van der Waals surface area contributed by atoms with Crippen molar-refractivity contribution in [1.82, 2.24) is 20.1 Å². The molecule has 1 saturated heterocycles. The number of nitrogens with zero attached hydrogens (tertiary/aromatic N) is 3. The van der Waals surface area contributed by atoms with Crippen molar-refractivity contribution in [1.29, 1.82) is 0 Å². The summed E-state index contributed by atoms with van der Waals surface area (Å²) in [7, 11) is 2.13. The smallest absolute Gasteiger partial charge is 0.253 e. The van der Waals surface area contributed by atoms with E-state index < -0.39 is 0 Å². The Labute approximate surface area is 182 Å². The molecule has 3 aromatic rings. The summed E-state index contributed by atoms with van der Waals surface area (Å²) in [5.74, 6) is -0.475. The molecule has 2 heterocycles. The Balaban J connectivity index is 1.47. The molecule has 5 nitrogen and oxygen atoms in total. The van der Waals surface area contributed by atoms with Crippen molar-refractivity contribution in [3.8, 4) is 11.3 Å². The fraction of sp³-hybridized carbons (Fsp3) is 0.280. The highest BCUT2D eigenvalue weighted by molar-refractivity contribution is 5.94. The van der Waals surface area contributed by atoms with Gasteiger partial charge in [0.1, 0.15) is 5.82 Å². The largest absolute Gasteiger partial charge is 0.344 e. The number of benzene rings is 2. The maximum Gasteiger partial charge on any atom is 0.253 e. The van der Waals surface area contributed by atoms with Gasteiger partial charge in [-0.25, -0.2) is 4.39 Å². The third kappa shape index (κ3) is 5.54. The van der Waals surface area contributed by atoms with Crippen LogP contribution in [0.3, 0.4) is 0 Å². The van der Waals surface area contributed by atoms with Crippen LogP contribution in [-0.4, -0.2) is 60.5 Å². The Kier molecular flexibility index (Phi) is 6.70. The zero-order chi connectivity index (χ0) is 21.6. The van der Waals surface area contributed by atoms with Gasteiger partial charge in [0.05, 0.1) is 17.3 Å². The van der Waals surface area contributed by atoms with Crippen LogP contribution in [0.15, 0.2) is 72.9 Å². The normalized spacial score (nSPS) is 16.1. The number of nitrogens with one attached hydrogen (secondary N) is 1. The lowest BCUT2D eigenvalue weighted by atomic mass is 10.0. The molecule has 1 aliphatic rings. The molecule has 0 bridgehead atoms. The molecule has 1 fully saturated rings. The van der Waals surface area contributed by atoms with Crippen molar-refractivity contribution in [3.63, 3.8) is 0 Å². The van der Waals surface area contributed by atoms with Crippen molar-refractivity contribution in [2.24, 2.45) is 0 Å². The number of aromatic nitrogens is 1. The van der Waals surface area contributed by atoms with Crippen molar-refractivity contribution in [2.45, 2.75) is 6.04 Å². The van der Waals surface area contributed by atoms with Crippen molar-refractivity contribution < 1.29 is 9.18 Å². The summed E-state index contributed by atoms with van der Waals surface area (Å²) >= 11 is 0. The average molecular weight is 419 g/mol. The predicted molar refractivity (Wildman–Crippen MR) is 120 cm³/mol. The minimum absolute atomic E-state index is 0.111. The first kappa shape index (κ1) is 21.2. The van der Waals surface area contributed by atoms with Gasteiger partial charge >= 0.3 is 0 Å². The molecule has 1 N–H and O–H groups in total. The van der Waals surface area contributed by atoms with Crippen molar-refractivity contribution >= 4 is 5.91 Å². The topological polar surface area (TPSA) is 48.5 Å². The minimum Gasteiger partial charge on any atom is -0.344 e. The molecule has 0 spiro atoms. The van der Waals surface area contributed by atoms with E-state index in [9.17, 15) is 9.18 Å². The molecule has 31 heavy (non-hydrogen) atoms. The van der Waals surface area contributed by atoms with Gasteiger partial charge in [0.2, 0.25) is 0 Å². The summed E-state index contributed by atoms with van der Waals surface area (Å²) < 4.78 is 13.5. The van der Waals surface area contributed by atoms with Crippen LogP contribution >= 0.6 is 0 Å². The zero-order valence-electron chi connectivity index (χ0n) is 17.7. The van der Waals surface area contributed by atoms with Crippen LogP contribution in [0.2, 0.25) is 0 Å². The molecule has 2 aromatic carbocycles. The number of hydrogen-bond donors (Lipinski definition) is 1. The maximum atomic E-state index is 13.5. The lowest BCUT2D eigenvalue weighted by molar-refractivity contribution is 0.0907. The molecule has 1 aromatic heterocycles. The van der Waals surface area contributed by atoms with Crippen LogP contribution in [0.25, 0.3) is 11.3 Å². The standard InChI is InChI=1S/C25H27FN4O/c1-29-12-14-30(15-13-29)18-24(19-6-3-2-4-7-19)28-25(31)21-10-11-23(27-17-21)20-8-5-9-22(26)16-20/h2-11,16-17,24H,12-15,18H2,1H3,(H,28,31). The van der Waals surface area contributed by atoms with E-state index in [0.717, 1.165) is 38.3 Å². The molecule has 160 valence electrons. The molecule has 0 aliphatic carbocycles. The number of likely N-dealkylation sites (N-methyl/N-ethyl adjacent to an activating group) is 1. The third-order valence-electron chi connectivity index (χ3n) is 5.69.